The maximum atomic E-state index is 12.1. The molecule has 1 rings (SSSR count). The quantitative estimate of drug-likeness (QED) is 0.676. The Kier molecular flexibility index (Phi) is 8.83. The SMILES string of the molecule is CCCCOC1CC(NC(=O)[C@@H](N)CC(C)C)C1(C)C.Cl. The van der Waals surface area contributed by atoms with Gasteiger partial charge in [-0.05, 0) is 25.2 Å². The highest BCUT2D eigenvalue weighted by atomic mass is 35.5. The summed E-state index contributed by atoms with van der Waals surface area (Å²) < 4.78 is 5.89. The summed E-state index contributed by atoms with van der Waals surface area (Å²) in [7, 11) is 0. The fraction of sp³-hybridized carbons (Fsp3) is 0.938. The van der Waals surface area contributed by atoms with E-state index < -0.39 is 6.04 Å². The summed E-state index contributed by atoms with van der Waals surface area (Å²) in [6.07, 6.45) is 4.13. The van der Waals surface area contributed by atoms with Crippen LogP contribution in [0.2, 0.25) is 0 Å². The topological polar surface area (TPSA) is 64.3 Å². The smallest absolute Gasteiger partial charge is 0.237 e. The normalized spacial score (nSPS) is 24.9. The van der Waals surface area contributed by atoms with Crippen LogP contribution in [0.4, 0.5) is 0 Å². The fourth-order valence-corrected chi connectivity index (χ4v) is 2.68. The van der Waals surface area contributed by atoms with Crippen molar-refractivity contribution in [1.29, 1.82) is 0 Å². The number of hydrogen-bond donors (Lipinski definition) is 2. The maximum Gasteiger partial charge on any atom is 0.237 e. The van der Waals surface area contributed by atoms with Crippen LogP contribution in [0.15, 0.2) is 0 Å². The van der Waals surface area contributed by atoms with E-state index in [9.17, 15) is 4.79 Å². The largest absolute Gasteiger partial charge is 0.378 e. The molecule has 0 bridgehead atoms. The van der Waals surface area contributed by atoms with Crippen LogP contribution >= 0.6 is 12.4 Å². The van der Waals surface area contributed by atoms with Crippen LogP contribution in [0.1, 0.15) is 60.3 Å². The van der Waals surface area contributed by atoms with E-state index in [2.05, 4.69) is 39.9 Å². The van der Waals surface area contributed by atoms with Gasteiger partial charge in [-0.25, -0.2) is 0 Å². The van der Waals surface area contributed by atoms with Crippen molar-refractivity contribution in [3.8, 4) is 0 Å². The standard InChI is InChI=1S/C16H32N2O2.ClH/c1-6-7-8-20-14-10-13(16(14,4)5)18-15(19)12(17)9-11(2)3;/h11-14H,6-10,17H2,1-5H3,(H,18,19);1H/t12-,13?,14?;/m0./s1. The molecule has 0 aromatic carbocycles. The van der Waals surface area contributed by atoms with Gasteiger partial charge in [-0.15, -0.1) is 12.4 Å². The Balaban J connectivity index is 0.00000400. The van der Waals surface area contributed by atoms with E-state index in [-0.39, 0.29) is 35.9 Å². The van der Waals surface area contributed by atoms with Gasteiger partial charge in [0.15, 0.2) is 0 Å². The van der Waals surface area contributed by atoms with Crippen LogP contribution in [0.5, 0.6) is 0 Å². The number of rotatable bonds is 8. The van der Waals surface area contributed by atoms with Crippen LogP contribution in [-0.2, 0) is 9.53 Å². The minimum Gasteiger partial charge on any atom is -0.378 e. The molecule has 3 N–H and O–H groups in total. The lowest BCUT2D eigenvalue weighted by Gasteiger charge is -2.52. The van der Waals surface area contributed by atoms with Crippen LogP contribution in [0.25, 0.3) is 0 Å². The number of halogens is 1. The number of amides is 1. The molecule has 1 saturated carbocycles. The average molecular weight is 321 g/mol. The summed E-state index contributed by atoms with van der Waals surface area (Å²) in [6, 6.07) is -0.217. The lowest BCUT2D eigenvalue weighted by atomic mass is 9.64. The second-order valence-corrected chi connectivity index (χ2v) is 7.07. The maximum absolute atomic E-state index is 12.1. The predicted molar refractivity (Wildman–Crippen MR) is 89.7 cm³/mol. The highest BCUT2D eigenvalue weighted by Gasteiger charge is 2.49. The van der Waals surface area contributed by atoms with Crippen molar-refractivity contribution >= 4 is 18.3 Å². The van der Waals surface area contributed by atoms with Crippen LogP contribution in [0.3, 0.4) is 0 Å². The molecule has 126 valence electrons. The number of unbranched alkanes of at least 4 members (excludes halogenated alkanes) is 1. The van der Waals surface area contributed by atoms with Gasteiger partial charge in [-0.3, -0.25) is 4.79 Å². The van der Waals surface area contributed by atoms with Gasteiger partial charge >= 0.3 is 0 Å². The van der Waals surface area contributed by atoms with E-state index in [0.29, 0.717) is 5.92 Å². The molecule has 4 nitrogen and oxygen atoms in total. The van der Waals surface area contributed by atoms with Crippen LogP contribution in [-0.4, -0.2) is 30.7 Å². The molecule has 1 aliphatic carbocycles. The first-order valence-electron chi connectivity index (χ1n) is 7.96. The monoisotopic (exact) mass is 320 g/mol. The van der Waals surface area contributed by atoms with E-state index in [1.165, 1.54) is 0 Å². The number of hydrogen-bond acceptors (Lipinski definition) is 3. The third-order valence-electron chi connectivity index (χ3n) is 4.37. The highest BCUT2D eigenvalue weighted by Crippen LogP contribution is 2.42. The van der Waals surface area contributed by atoms with E-state index in [4.69, 9.17) is 10.5 Å². The Labute approximate surface area is 136 Å². The molecule has 0 aromatic rings. The molecular weight excluding hydrogens is 288 g/mol. The Hall–Kier alpha value is -0.320. The molecule has 0 aromatic heterocycles. The van der Waals surface area contributed by atoms with Crippen LogP contribution in [0, 0.1) is 11.3 Å². The molecular formula is C16H33ClN2O2. The molecule has 0 aliphatic heterocycles. The molecule has 21 heavy (non-hydrogen) atoms. The van der Waals surface area contributed by atoms with Crippen molar-refractivity contribution in [2.24, 2.45) is 17.1 Å². The van der Waals surface area contributed by atoms with Gasteiger partial charge < -0.3 is 15.8 Å². The summed E-state index contributed by atoms with van der Waals surface area (Å²) in [5.41, 5.74) is 5.92. The van der Waals surface area contributed by atoms with Crippen molar-refractivity contribution in [2.75, 3.05) is 6.61 Å². The van der Waals surface area contributed by atoms with Gasteiger partial charge in [0.1, 0.15) is 0 Å². The Bertz CT molecular complexity index is 321. The first-order chi connectivity index (χ1) is 9.28. The average Bonchev–Trinajstić information content (AvgIpc) is 2.35. The first-order valence-corrected chi connectivity index (χ1v) is 7.96. The van der Waals surface area contributed by atoms with Gasteiger partial charge in [0, 0.05) is 18.1 Å². The van der Waals surface area contributed by atoms with Gasteiger partial charge in [-0.1, -0.05) is 41.0 Å². The lowest BCUT2D eigenvalue weighted by molar-refractivity contribution is -0.139. The van der Waals surface area contributed by atoms with Gasteiger partial charge in [0.2, 0.25) is 5.91 Å². The minimum absolute atomic E-state index is 0. The lowest BCUT2D eigenvalue weighted by Crippen LogP contribution is -2.63. The van der Waals surface area contributed by atoms with Crippen LogP contribution < -0.4 is 11.1 Å². The van der Waals surface area contributed by atoms with Crippen molar-refractivity contribution in [1.82, 2.24) is 5.32 Å². The molecule has 3 atom stereocenters. The number of nitrogens with two attached hydrogens (primary N) is 1. The summed E-state index contributed by atoms with van der Waals surface area (Å²) in [5.74, 6) is 0.416. The van der Waals surface area contributed by atoms with Crippen molar-refractivity contribution in [3.63, 3.8) is 0 Å². The molecule has 1 amide bonds. The number of carbonyl (C=O) groups excluding carboxylic acids is 1. The second kappa shape index (κ2) is 8.96. The predicted octanol–water partition coefficient (Wildman–Crippen LogP) is 2.88. The van der Waals surface area contributed by atoms with Gasteiger partial charge in [-0.2, -0.15) is 0 Å². The zero-order valence-corrected chi connectivity index (χ0v) is 15.0. The molecule has 0 saturated heterocycles. The highest BCUT2D eigenvalue weighted by molar-refractivity contribution is 5.85. The Morgan fingerprint density at radius 3 is 2.52 bits per heavy atom. The molecule has 2 unspecified atom stereocenters. The molecule has 0 spiro atoms. The number of carbonyl (C=O) groups is 1. The summed E-state index contributed by atoms with van der Waals surface area (Å²) in [4.78, 5) is 12.1. The third-order valence-corrected chi connectivity index (χ3v) is 4.37. The number of ether oxygens (including phenoxy) is 1. The molecule has 0 heterocycles. The zero-order chi connectivity index (χ0) is 15.3. The molecule has 5 heteroatoms. The molecule has 1 aliphatic rings. The van der Waals surface area contributed by atoms with Crippen molar-refractivity contribution in [2.45, 2.75) is 78.5 Å². The second-order valence-electron chi connectivity index (χ2n) is 7.07. The summed E-state index contributed by atoms with van der Waals surface area (Å²) in [6.45, 7) is 11.5. The van der Waals surface area contributed by atoms with E-state index >= 15 is 0 Å². The van der Waals surface area contributed by atoms with E-state index in [0.717, 1.165) is 32.3 Å². The Morgan fingerprint density at radius 2 is 2.05 bits per heavy atom. The summed E-state index contributed by atoms with van der Waals surface area (Å²) >= 11 is 0. The van der Waals surface area contributed by atoms with Crippen molar-refractivity contribution in [3.05, 3.63) is 0 Å². The summed E-state index contributed by atoms with van der Waals surface area (Å²) in [5, 5.41) is 3.09. The molecule has 0 radical (unpaired) electrons. The third kappa shape index (κ3) is 5.76. The van der Waals surface area contributed by atoms with Gasteiger partial charge in [0.05, 0.1) is 12.1 Å². The van der Waals surface area contributed by atoms with E-state index in [1.807, 2.05) is 0 Å². The minimum atomic E-state index is -0.397. The number of nitrogens with one attached hydrogen (secondary N) is 1. The molecule has 1 fully saturated rings. The van der Waals surface area contributed by atoms with E-state index in [1.54, 1.807) is 0 Å². The zero-order valence-electron chi connectivity index (χ0n) is 14.1. The fourth-order valence-electron chi connectivity index (χ4n) is 2.68. The Morgan fingerprint density at radius 1 is 1.43 bits per heavy atom. The first kappa shape index (κ1) is 20.7. The van der Waals surface area contributed by atoms with Crippen molar-refractivity contribution < 1.29 is 9.53 Å². The van der Waals surface area contributed by atoms with Gasteiger partial charge in [0.25, 0.3) is 0 Å².